The van der Waals surface area contributed by atoms with Crippen LogP contribution in [0.25, 0.3) is 0 Å². The van der Waals surface area contributed by atoms with Crippen LogP contribution >= 0.6 is 0 Å². The molecule has 0 saturated carbocycles. The third-order valence-corrected chi connectivity index (χ3v) is 2.76. The van der Waals surface area contributed by atoms with Crippen LogP contribution in [0, 0.1) is 0 Å². The zero-order chi connectivity index (χ0) is 9.97. The van der Waals surface area contributed by atoms with E-state index in [1.54, 1.807) is 18.2 Å². The summed E-state index contributed by atoms with van der Waals surface area (Å²) in [5.74, 6) is 0.293. The molecule has 14 heavy (non-hydrogen) atoms. The van der Waals surface area contributed by atoms with Gasteiger partial charge in [0.1, 0.15) is 5.75 Å². The molecule has 0 bridgehead atoms. The molecule has 0 aliphatic carbocycles. The van der Waals surface area contributed by atoms with Crippen molar-refractivity contribution in [2.75, 3.05) is 12.3 Å². The Morgan fingerprint density at radius 2 is 2.21 bits per heavy atom. The lowest BCUT2D eigenvalue weighted by Gasteiger charge is -2.25. The molecule has 1 heterocycles. The number of aromatic hydroxyl groups is 1. The average Bonchev–Trinajstić information content (AvgIpc) is 2.23. The van der Waals surface area contributed by atoms with Gasteiger partial charge in [-0.25, -0.2) is 0 Å². The molecular formula is C11H16N2O. The van der Waals surface area contributed by atoms with Crippen LogP contribution in [0.4, 0.5) is 5.69 Å². The largest absolute Gasteiger partial charge is 0.508 e. The van der Waals surface area contributed by atoms with Crippen molar-refractivity contribution in [3.63, 3.8) is 0 Å². The number of phenols is 1. The topological polar surface area (TPSA) is 58.3 Å². The molecule has 3 nitrogen and oxygen atoms in total. The highest BCUT2D eigenvalue weighted by molar-refractivity contribution is 5.51. The number of hydrogen-bond donors (Lipinski definition) is 3. The third kappa shape index (κ3) is 1.82. The summed E-state index contributed by atoms with van der Waals surface area (Å²) < 4.78 is 0. The fourth-order valence-electron chi connectivity index (χ4n) is 1.98. The molecule has 4 N–H and O–H groups in total. The van der Waals surface area contributed by atoms with Crippen LogP contribution in [0.5, 0.6) is 5.75 Å². The number of nitrogens with two attached hydrogens (primary N) is 1. The minimum atomic E-state index is 0.293. The van der Waals surface area contributed by atoms with Gasteiger partial charge in [0.05, 0.1) is 0 Å². The highest BCUT2D eigenvalue weighted by Gasteiger charge is 2.17. The highest BCUT2D eigenvalue weighted by atomic mass is 16.3. The lowest BCUT2D eigenvalue weighted by Crippen LogP contribution is -2.27. The van der Waals surface area contributed by atoms with Crippen molar-refractivity contribution >= 4 is 5.69 Å². The van der Waals surface area contributed by atoms with Crippen molar-refractivity contribution in [2.24, 2.45) is 0 Å². The number of nitrogens with one attached hydrogen (secondary N) is 1. The predicted molar refractivity (Wildman–Crippen MR) is 57.1 cm³/mol. The minimum Gasteiger partial charge on any atom is -0.508 e. The van der Waals surface area contributed by atoms with E-state index in [1.807, 2.05) is 0 Å². The minimum absolute atomic E-state index is 0.293. The lowest BCUT2D eigenvalue weighted by molar-refractivity contribution is 0.410. The van der Waals surface area contributed by atoms with E-state index >= 15 is 0 Å². The third-order valence-electron chi connectivity index (χ3n) is 2.76. The monoisotopic (exact) mass is 192 g/mol. The van der Waals surface area contributed by atoms with E-state index in [-0.39, 0.29) is 0 Å². The van der Waals surface area contributed by atoms with Gasteiger partial charge in [-0.3, -0.25) is 0 Å². The van der Waals surface area contributed by atoms with E-state index in [4.69, 9.17) is 5.73 Å². The number of nitrogen functional groups attached to an aromatic ring is 1. The van der Waals surface area contributed by atoms with Gasteiger partial charge in [-0.15, -0.1) is 0 Å². The Hall–Kier alpha value is -1.22. The first-order chi connectivity index (χ1) is 6.77. The van der Waals surface area contributed by atoms with Crippen LogP contribution in [0.1, 0.15) is 30.9 Å². The standard InChI is InChI=1S/C11H16N2O/c12-10-5-4-8(14)7-9(10)11-3-1-2-6-13-11/h4-5,7,11,13-14H,1-3,6,12H2/t11-/m1/s1. The van der Waals surface area contributed by atoms with Crippen LogP contribution < -0.4 is 11.1 Å². The van der Waals surface area contributed by atoms with Crippen LogP contribution in [0.15, 0.2) is 18.2 Å². The van der Waals surface area contributed by atoms with E-state index in [2.05, 4.69) is 5.32 Å². The van der Waals surface area contributed by atoms with Gasteiger partial charge in [-0.1, -0.05) is 6.42 Å². The van der Waals surface area contributed by atoms with Gasteiger partial charge in [0.25, 0.3) is 0 Å². The predicted octanol–water partition coefficient (Wildman–Crippen LogP) is 1.79. The number of piperidine rings is 1. The summed E-state index contributed by atoms with van der Waals surface area (Å²) in [5.41, 5.74) is 7.67. The Kier molecular flexibility index (Phi) is 2.59. The quantitative estimate of drug-likeness (QED) is 0.469. The van der Waals surface area contributed by atoms with Crippen molar-refractivity contribution in [2.45, 2.75) is 25.3 Å². The molecule has 2 rings (SSSR count). The van der Waals surface area contributed by atoms with E-state index in [0.717, 1.165) is 24.2 Å². The Labute approximate surface area is 83.9 Å². The van der Waals surface area contributed by atoms with Crippen LogP contribution in [0.3, 0.4) is 0 Å². The van der Waals surface area contributed by atoms with Gasteiger partial charge in [0, 0.05) is 11.7 Å². The van der Waals surface area contributed by atoms with Gasteiger partial charge in [0.15, 0.2) is 0 Å². The fraction of sp³-hybridized carbons (Fsp3) is 0.455. The lowest BCUT2D eigenvalue weighted by atomic mass is 9.96. The second-order valence-electron chi connectivity index (χ2n) is 3.82. The van der Waals surface area contributed by atoms with E-state index in [1.165, 1.54) is 12.8 Å². The van der Waals surface area contributed by atoms with Crippen molar-refractivity contribution in [3.8, 4) is 5.75 Å². The molecule has 1 atom stereocenters. The van der Waals surface area contributed by atoms with Crippen LogP contribution in [0.2, 0.25) is 0 Å². The molecular weight excluding hydrogens is 176 g/mol. The number of rotatable bonds is 1. The number of phenolic OH excluding ortho intramolecular Hbond substituents is 1. The summed E-state index contributed by atoms with van der Waals surface area (Å²) >= 11 is 0. The van der Waals surface area contributed by atoms with Crippen molar-refractivity contribution in [1.82, 2.24) is 5.32 Å². The highest BCUT2D eigenvalue weighted by Crippen LogP contribution is 2.29. The maximum Gasteiger partial charge on any atom is 0.116 e. The zero-order valence-corrected chi connectivity index (χ0v) is 8.16. The Morgan fingerprint density at radius 3 is 2.93 bits per heavy atom. The summed E-state index contributed by atoms with van der Waals surface area (Å²) in [6, 6.07) is 5.47. The summed E-state index contributed by atoms with van der Waals surface area (Å²) in [7, 11) is 0. The summed E-state index contributed by atoms with van der Waals surface area (Å²) in [5, 5.41) is 12.8. The van der Waals surface area contributed by atoms with Crippen molar-refractivity contribution in [3.05, 3.63) is 23.8 Å². The summed E-state index contributed by atoms with van der Waals surface area (Å²) in [6.45, 7) is 1.04. The van der Waals surface area contributed by atoms with E-state index in [0.29, 0.717) is 11.8 Å². The first kappa shape index (κ1) is 9.34. The van der Waals surface area contributed by atoms with Gasteiger partial charge in [-0.2, -0.15) is 0 Å². The zero-order valence-electron chi connectivity index (χ0n) is 8.16. The van der Waals surface area contributed by atoms with Gasteiger partial charge < -0.3 is 16.2 Å². The van der Waals surface area contributed by atoms with E-state index in [9.17, 15) is 5.11 Å². The Balaban J connectivity index is 2.24. The second-order valence-corrected chi connectivity index (χ2v) is 3.82. The van der Waals surface area contributed by atoms with Crippen molar-refractivity contribution < 1.29 is 5.11 Å². The van der Waals surface area contributed by atoms with Crippen molar-refractivity contribution in [1.29, 1.82) is 0 Å². The summed E-state index contributed by atoms with van der Waals surface area (Å²) in [6.07, 6.45) is 3.57. The normalized spacial score (nSPS) is 22.1. The molecule has 0 amide bonds. The molecule has 1 fully saturated rings. The molecule has 0 unspecified atom stereocenters. The smallest absolute Gasteiger partial charge is 0.116 e. The van der Waals surface area contributed by atoms with Gasteiger partial charge in [-0.05, 0) is 43.1 Å². The number of anilines is 1. The Morgan fingerprint density at radius 1 is 1.36 bits per heavy atom. The molecule has 1 aromatic rings. The second kappa shape index (κ2) is 3.88. The number of hydrogen-bond acceptors (Lipinski definition) is 3. The molecule has 0 spiro atoms. The molecule has 0 aromatic heterocycles. The molecule has 1 saturated heterocycles. The molecule has 76 valence electrons. The van der Waals surface area contributed by atoms with Gasteiger partial charge in [0.2, 0.25) is 0 Å². The maximum atomic E-state index is 9.38. The van der Waals surface area contributed by atoms with E-state index < -0.39 is 0 Å². The SMILES string of the molecule is Nc1ccc(O)cc1[C@H]1CCCCN1. The first-order valence-electron chi connectivity index (χ1n) is 5.09. The molecule has 1 aliphatic heterocycles. The Bertz CT molecular complexity index is 319. The first-order valence-corrected chi connectivity index (χ1v) is 5.09. The average molecular weight is 192 g/mol. The number of benzene rings is 1. The molecule has 1 aromatic carbocycles. The molecule has 0 radical (unpaired) electrons. The summed E-state index contributed by atoms with van der Waals surface area (Å²) in [4.78, 5) is 0. The van der Waals surface area contributed by atoms with Crippen LogP contribution in [-0.2, 0) is 0 Å². The molecule has 1 aliphatic rings. The fourth-order valence-corrected chi connectivity index (χ4v) is 1.98. The van der Waals surface area contributed by atoms with Crippen LogP contribution in [-0.4, -0.2) is 11.7 Å². The maximum absolute atomic E-state index is 9.38. The molecule has 3 heteroatoms. The van der Waals surface area contributed by atoms with Gasteiger partial charge >= 0.3 is 0 Å².